The first-order valence-corrected chi connectivity index (χ1v) is 6.35. The van der Waals surface area contributed by atoms with Gasteiger partial charge in [-0.3, -0.25) is 9.59 Å². The molecule has 0 aromatic carbocycles. The summed E-state index contributed by atoms with van der Waals surface area (Å²) in [6.07, 6.45) is 0.467. The maximum atomic E-state index is 11.9. The lowest BCUT2D eigenvalue weighted by Gasteiger charge is -2.26. The largest absolute Gasteiger partial charge is 0.481 e. The van der Waals surface area contributed by atoms with Gasteiger partial charge in [0, 0.05) is 39.0 Å². The Hall–Kier alpha value is -1.79. The number of nitrogens with zero attached hydrogens (tertiary/aromatic N) is 1. The van der Waals surface area contributed by atoms with E-state index in [-0.39, 0.29) is 24.4 Å². The molecular weight excluding hydrogens is 250 g/mol. The second-order valence-corrected chi connectivity index (χ2v) is 4.50. The molecule has 0 fully saturated rings. The van der Waals surface area contributed by atoms with E-state index in [0.717, 1.165) is 0 Å². The summed E-state index contributed by atoms with van der Waals surface area (Å²) in [6, 6.07) is -0.250. The molecule has 7 heteroatoms. The van der Waals surface area contributed by atoms with Gasteiger partial charge in [0.25, 0.3) is 0 Å². The molecule has 0 aromatic heterocycles. The number of amides is 3. The van der Waals surface area contributed by atoms with E-state index in [0.29, 0.717) is 26.1 Å². The van der Waals surface area contributed by atoms with Crippen molar-refractivity contribution in [2.45, 2.75) is 39.7 Å². The van der Waals surface area contributed by atoms with E-state index in [1.807, 2.05) is 13.8 Å². The number of carboxylic acids is 1. The van der Waals surface area contributed by atoms with Crippen LogP contribution in [0, 0.1) is 0 Å². The van der Waals surface area contributed by atoms with Gasteiger partial charge in [-0.25, -0.2) is 4.79 Å². The summed E-state index contributed by atoms with van der Waals surface area (Å²) >= 11 is 0. The second-order valence-electron chi connectivity index (χ2n) is 4.50. The Morgan fingerprint density at radius 3 is 2.21 bits per heavy atom. The van der Waals surface area contributed by atoms with Crippen molar-refractivity contribution < 1.29 is 19.5 Å². The Bertz CT molecular complexity index is 318. The van der Waals surface area contributed by atoms with Crippen LogP contribution in [0.25, 0.3) is 0 Å². The molecule has 0 atom stereocenters. The van der Waals surface area contributed by atoms with Gasteiger partial charge in [-0.1, -0.05) is 0 Å². The molecule has 0 aromatic rings. The Kier molecular flexibility index (Phi) is 8.32. The van der Waals surface area contributed by atoms with E-state index in [1.54, 1.807) is 4.90 Å². The summed E-state index contributed by atoms with van der Waals surface area (Å²) in [5, 5.41) is 13.8. The normalized spacial score (nSPS) is 10.1. The second kappa shape index (κ2) is 9.18. The fraction of sp³-hybridized carbons (Fsp3) is 0.750. The third-order valence-corrected chi connectivity index (χ3v) is 2.45. The van der Waals surface area contributed by atoms with E-state index >= 15 is 0 Å². The van der Waals surface area contributed by atoms with E-state index in [2.05, 4.69) is 10.6 Å². The highest BCUT2D eigenvalue weighted by atomic mass is 16.4. The fourth-order valence-corrected chi connectivity index (χ4v) is 1.50. The average molecular weight is 273 g/mol. The van der Waals surface area contributed by atoms with Crippen molar-refractivity contribution in [1.29, 1.82) is 0 Å². The Balaban J connectivity index is 4.04. The van der Waals surface area contributed by atoms with Crippen LogP contribution in [-0.2, 0) is 9.59 Å². The number of carboxylic acid groups (broad SMARTS) is 1. The predicted octanol–water partition coefficient (Wildman–Crippen LogP) is 0.407. The van der Waals surface area contributed by atoms with Gasteiger partial charge < -0.3 is 20.6 Å². The highest BCUT2D eigenvalue weighted by molar-refractivity contribution is 5.75. The van der Waals surface area contributed by atoms with Gasteiger partial charge in [0.2, 0.25) is 5.91 Å². The molecule has 0 unspecified atom stereocenters. The van der Waals surface area contributed by atoms with Gasteiger partial charge in [-0.15, -0.1) is 0 Å². The number of rotatable bonds is 8. The van der Waals surface area contributed by atoms with Crippen molar-refractivity contribution >= 4 is 17.9 Å². The number of carbonyl (C=O) groups excluding carboxylic acids is 2. The molecule has 3 N–H and O–H groups in total. The molecule has 0 bridgehead atoms. The summed E-state index contributed by atoms with van der Waals surface area (Å²) < 4.78 is 0. The highest BCUT2D eigenvalue weighted by Gasteiger charge is 2.16. The molecule has 3 amide bonds. The number of nitrogens with one attached hydrogen (secondary N) is 2. The van der Waals surface area contributed by atoms with Gasteiger partial charge in [-0.2, -0.15) is 0 Å². The smallest absolute Gasteiger partial charge is 0.317 e. The van der Waals surface area contributed by atoms with Gasteiger partial charge in [0.1, 0.15) is 0 Å². The van der Waals surface area contributed by atoms with Crippen LogP contribution < -0.4 is 10.6 Å². The van der Waals surface area contributed by atoms with Gasteiger partial charge in [-0.05, 0) is 20.3 Å². The minimum Gasteiger partial charge on any atom is -0.481 e. The third-order valence-electron chi connectivity index (χ3n) is 2.45. The van der Waals surface area contributed by atoms with Crippen LogP contribution in [0.4, 0.5) is 4.79 Å². The Morgan fingerprint density at radius 1 is 1.16 bits per heavy atom. The first kappa shape index (κ1) is 17.2. The van der Waals surface area contributed by atoms with Crippen LogP contribution in [0.15, 0.2) is 0 Å². The van der Waals surface area contributed by atoms with Crippen molar-refractivity contribution in [3.8, 4) is 0 Å². The summed E-state index contributed by atoms with van der Waals surface area (Å²) in [5.41, 5.74) is 0. The molecule has 7 nitrogen and oxygen atoms in total. The number of hydrogen-bond acceptors (Lipinski definition) is 3. The number of carbonyl (C=O) groups is 3. The monoisotopic (exact) mass is 273 g/mol. The fourth-order valence-electron chi connectivity index (χ4n) is 1.50. The summed E-state index contributed by atoms with van der Waals surface area (Å²) in [5.74, 6) is -1.01. The number of urea groups is 1. The number of hydrogen-bond donors (Lipinski definition) is 3. The SMILES string of the molecule is CC(=O)NCCNC(=O)N(CCCC(=O)O)C(C)C. The molecule has 0 aliphatic heterocycles. The molecule has 19 heavy (non-hydrogen) atoms. The zero-order chi connectivity index (χ0) is 14.8. The number of aliphatic carboxylic acids is 1. The van der Waals surface area contributed by atoms with Gasteiger partial charge in [0.05, 0.1) is 0 Å². The molecular formula is C12H23N3O4. The van der Waals surface area contributed by atoms with Crippen molar-refractivity contribution in [3.63, 3.8) is 0 Å². The summed E-state index contributed by atoms with van der Waals surface area (Å²) in [6.45, 7) is 6.27. The lowest BCUT2D eigenvalue weighted by molar-refractivity contribution is -0.137. The van der Waals surface area contributed by atoms with E-state index in [9.17, 15) is 14.4 Å². The molecule has 110 valence electrons. The molecule has 0 aliphatic rings. The molecule has 0 heterocycles. The summed E-state index contributed by atoms with van der Waals surface area (Å²) in [4.78, 5) is 34.5. The standard InChI is InChI=1S/C12H23N3O4/c1-9(2)15(8-4-5-11(17)18)12(19)14-7-6-13-10(3)16/h9H,4-8H2,1-3H3,(H,13,16)(H,14,19)(H,17,18). The first-order valence-electron chi connectivity index (χ1n) is 6.35. The van der Waals surface area contributed by atoms with Crippen LogP contribution in [0.5, 0.6) is 0 Å². The first-order chi connectivity index (χ1) is 8.84. The van der Waals surface area contributed by atoms with Crippen LogP contribution in [-0.4, -0.2) is 53.6 Å². The van der Waals surface area contributed by atoms with Gasteiger partial charge >= 0.3 is 12.0 Å². The molecule has 0 spiro atoms. The third kappa shape index (κ3) is 8.87. The van der Waals surface area contributed by atoms with Crippen LogP contribution in [0.2, 0.25) is 0 Å². The topological polar surface area (TPSA) is 98.7 Å². The van der Waals surface area contributed by atoms with Crippen molar-refractivity contribution in [1.82, 2.24) is 15.5 Å². The van der Waals surface area contributed by atoms with Gasteiger partial charge in [0.15, 0.2) is 0 Å². The van der Waals surface area contributed by atoms with Crippen molar-refractivity contribution in [3.05, 3.63) is 0 Å². The average Bonchev–Trinajstić information content (AvgIpc) is 2.28. The lowest BCUT2D eigenvalue weighted by atomic mass is 10.2. The van der Waals surface area contributed by atoms with Crippen LogP contribution in [0.3, 0.4) is 0 Å². The summed E-state index contributed by atoms with van der Waals surface area (Å²) in [7, 11) is 0. The minimum absolute atomic E-state index is 0.00504. The molecule has 0 radical (unpaired) electrons. The maximum absolute atomic E-state index is 11.9. The van der Waals surface area contributed by atoms with E-state index < -0.39 is 5.97 Å². The van der Waals surface area contributed by atoms with E-state index in [4.69, 9.17) is 5.11 Å². The van der Waals surface area contributed by atoms with E-state index in [1.165, 1.54) is 6.92 Å². The molecule has 0 saturated heterocycles. The molecule has 0 rings (SSSR count). The molecule has 0 aliphatic carbocycles. The molecule has 0 saturated carbocycles. The van der Waals surface area contributed by atoms with Crippen molar-refractivity contribution in [2.24, 2.45) is 0 Å². The Labute approximate surface area is 113 Å². The lowest BCUT2D eigenvalue weighted by Crippen LogP contribution is -2.46. The van der Waals surface area contributed by atoms with Crippen LogP contribution in [0.1, 0.15) is 33.6 Å². The van der Waals surface area contributed by atoms with Crippen molar-refractivity contribution in [2.75, 3.05) is 19.6 Å². The predicted molar refractivity (Wildman–Crippen MR) is 70.8 cm³/mol. The Morgan fingerprint density at radius 2 is 1.74 bits per heavy atom. The quantitative estimate of drug-likeness (QED) is 0.558. The maximum Gasteiger partial charge on any atom is 0.317 e. The van der Waals surface area contributed by atoms with Crippen LogP contribution >= 0.6 is 0 Å². The zero-order valence-electron chi connectivity index (χ0n) is 11.7. The zero-order valence-corrected chi connectivity index (χ0v) is 11.7. The highest BCUT2D eigenvalue weighted by Crippen LogP contribution is 2.02. The minimum atomic E-state index is -0.866.